The van der Waals surface area contributed by atoms with Gasteiger partial charge in [-0.1, -0.05) is 74.0 Å². The van der Waals surface area contributed by atoms with Crippen LogP contribution < -0.4 is 0 Å². The summed E-state index contributed by atoms with van der Waals surface area (Å²) in [5.41, 5.74) is 10.5. The number of fused-ring (bicyclic) bond motifs is 2. The summed E-state index contributed by atoms with van der Waals surface area (Å²) in [5.74, 6) is 0. The topological polar surface area (TPSA) is 25.8 Å². The Morgan fingerprint density at radius 1 is 0.526 bits per heavy atom. The summed E-state index contributed by atoms with van der Waals surface area (Å²) in [4.78, 5) is 8.96. The van der Waals surface area contributed by atoms with Crippen molar-refractivity contribution in [2.45, 2.75) is 27.7 Å². The molecule has 0 N–H and O–H groups in total. The Morgan fingerprint density at radius 3 is 1.37 bits per heavy atom. The van der Waals surface area contributed by atoms with Crippen molar-refractivity contribution in [1.29, 1.82) is 0 Å². The van der Waals surface area contributed by atoms with Crippen LogP contribution in [-0.2, 0) is 0 Å². The molecule has 6 rings (SSSR count). The van der Waals surface area contributed by atoms with Crippen LogP contribution in [0.2, 0.25) is 0 Å². The number of nitrogens with zero attached hydrogens (tertiary/aromatic N) is 2. The lowest BCUT2D eigenvalue weighted by Gasteiger charge is -2.12. The summed E-state index contributed by atoms with van der Waals surface area (Å²) in [6.07, 6.45) is 5.43. The van der Waals surface area contributed by atoms with Gasteiger partial charge in [0.25, 0.3) is 0 Å². The summed E-state index contributed by atoms with van der Waals surface area (Å²) in [6, 6.07) is 36.8. The highest BCUT2D eigenvalue weighted by Crippen LogP contribution is 2.34. The third kappa shape index (κ3) is 6.04. The Labute approximate surface area is 226 Å². The lowest BCUT2D eigenvalue weighted by molar-refractivity contribution is 1.41. The van der Waals surface area contributed by atoms with E-state index in [0.717, 1.165) is 21.8 Å². The van der Waals surface area contributed by atoms with E-state index in [0.29, 0.717) is 0 Å². The molecule has 0 amide bonds. The third-order valence-corrected chi connectivity index (χ3v) is 6.19. The van der Waals surface area contributed by atoms with Crippen molar-refractivity contribution >= 4 is 21.8 Å². The molecule has 2 nitrogen and oxygen atoms in total. The van der Waals surface area contributed by atoms with Crippen molar-refractivity contribution in [2.75, 3.05) is 0 Å². The average molecular weight is 495 g/mol. The number of benzene rings is 4. The quantitative estimate of drug-likeness (QED) is 0.229. The zero-order valence-corrected chi connectivity index (χ0v) is 22.6. The first-order chi connectivity index (χ1) is 18.6. The molecule has 0 atom stereocenters. The summed E-state index contributed by atoms with van der Waals surface area (Å²) in [7, 11) is 0. The van der Waals surface area contributed by atoms with Crippen molar-refractivity contribution in [2.24, 2.45) is 0 Å². The number of rotatable bonds is 3. The van der Waals surface area contributed by atoms with E-state index in [1.54, 1.807) is 6.08 Å². The molecule has 0 unspecified atom stereocenters. The molecule has 0 saturated heterocycles. The van der Waals surface area contributed by atoms with E-state index < -0.39 is 0 Å². The average Bonchev–Trinajstić information content (AvgIpc) is 2.98. The highest BCUT2D eigenvalue weighted by molar-refractivity contribution is 5.89. The molecular formula is C36H34N2. The van der Waals surface area contributed by atoms with E-state index in [1.807, 2.05) is 45.3 Å². The van der Waals surface area contributed by atoms with Crippen LogP contribution in [0.4, 0.5) is 0 Å². The molecule has 4 aromatic carbocycles. The molecule has 0 radical (unpaired) electrons. The minimum atomic E-state index is 1.01. The SMILES string of the molecule is C=CC.CC.Cc1ccc(-c2cc(-c3ccc4ncccc4c3)cc(-c3ccc4ncccc4c3)c2)cc1. The molecule has 0 aliphatic carbocycles. The van der Waals surface area contributed by atoms with Crippen molar-refractivity contribution in [3.63, 3.8) is 0 Å². The molecule has 0 aliphatic heterocycles. The number of pyridine rings is 2. The van der Waals surface area contributed by atoms with Gasteiger partial charge in [0.1, 0.15) is 0 Å². The number of allylic oxidation sites excluding steroid dienone is 1. The van der Waals surface area contributed by atoms with Gasteiger partial charge in [0, 0.05) is 23.2 Å². The number of hydrogen-bond acceptors (Lipinski definition) is 2. The van der Waals surface area contributed by atoms with Gasteiger partial charge in [0.15, 0.2) is 0 Å². The zero-order valence-electron chi connectivity index (χ0n) is 22.6. The van der Waals surface area contributed by atoms with Crippen molar-refractivity contribution in [3.8, 4) is 33.4 Å². The Hall–Kier alpha value is -4.56. The van der Waals surface area contributed by atoms with Crippen LogP contribution in [0.15, 0.2) is 128 Å². The smallest absolute Gasteiger partial charge is 0.0702 e. The molecule has 0 spiro atoms. The summed E-state index contributed by atoms with van der Waals surface area (Å²) in [5, 5.41) is 2.29. The molecule has 38 heavy (non-hydrogen) atoms. The van der Waals surface area contributed by atoms with Gasteiger partial charge in [0.05, 0.1) is 11.0 Å². The monoisotopic (exact) mass is 494 g/mol. The minimum Gasteiger partial charge on any atom is -0.256 e. The third-order valence-electron chi connectivity index (χ3n) is 6.19. The predicted molar refractivity (Wildman–Crippen MR) is 165 cm³/mol. The van der Waals surface area contributed by atoms with Gasteiger partial charge in [-0.15, -0.1) is 6.58 Å². The van der Waals surface area contributed by atoms with E-state index in [1.165, 1.54) is 38.9 Å². The van der Waals surface area contributed by atoms with Gasteiger partial charge in [0.2, 0.25) is 0 Å². The maximum atomic E-state index is 4.48. The first kappa shape index (κ1) is 26.5. The molecule has 0 fully saturated rings. The van der Waals surface area contributed by atoms with Crippen LogP contribution in [0.1, 0.15) is 26.3 Å². The predicted octanol–water partition coefficient (Wildman–Crippen LogP) is 10.3. The fourth-order valence-corrected chi connectivity index (χ4v) is 4.38. The first-order valence-corrected chi connectivity index (χ1v) is 13.1. The molecule has 6 aromatic rings. The Kier molecular flexibility index (Phi) is 8.79. The largest absolute Gasteiger partial charge is 0.256 e. The second kappa shape index (κ2) is 12.6. The van der Waals surface area contributed by atoms with E-state index in [9.17, 15) is 0 Å². The molecule has 2 heterocycles. The van der Waals surface area contributed by atoms with Gasteiger partial charge in [-0.2, -0.15) is 0 Å². The van der Waals surface area contributed by atoms with Crippen LogP contribution >= 0.6 is 0 Å². The maximum Gasteiger partial charge on any atom is 0.0702 e. The fraction of sp³-hybridized carbons (Fsp3) is 0.111. The maximum absolute atomic E-state index is 4.48. The zero-order chi connectivity index (χ0) is 26.9. The van der Waals surface area contributed by atoms with E-state index >= 15 is 0 Å². The highest BCUT2D eigenvalue weighted by atomic mass is 14.6. The molecule has 2 aromatic heterocycles. The van der Waals surface area contributed by atoms with Crippen LogP contribution in [0.25, 0.3) is 55.2 Å². The second-order valence-corrected chi connectivity index (χ2v) is 8.90. The van der Waals surface area contributed by atoms with Gasteiger partial charge < -0.3 is 0 Å². The summed E-state index contributed by atoms with van der Waals surface area (Å²) in [6.45, 7) is 11.4. The second-order valence-electron chi connectivity index (χ2n) is 8.90. The Bertz CT molecular complexity index is 1570. The normalized spacial score (nSPS) is 10.2. The van der Waals surface area contributed by atoms with Crippen LogP contribution in [0.3, 0.4) is 0 Å². The van der Waals surface area contributed by atoms with E-state index in [2.05, 4.69) is 114 Å². The lowest BCUT2D eigenvalue weighted by Crippen LogP contribution is -1.88. The van der Waals surface area contributed by atoms with Crippen LogP contribution in [-0.4, -0.2) is 9.97 Å². The summed E-state index contributed by atoms with van der Waals surface area (Å²) >= 11 is 0. The number of aryl methyl sites for hydroxylation is 1. The molecule has 188 valence electrons. The first-order valence-electron chi connectivity index (χ1n) is 13.1. The van der Waals surface area contributed by atoms with Gasteiger partial charge in [-0.25, -0.2) is 0 Å². The molecule has 2 heteroatoms. The van der Waals surface area contributed by atoms with Crippen molar-refractivity contribution < 1.29 is 0 Å². The minimum absolute atomic E-state index is 1.01. The Balaban J connectivity index is 0.000000630. The highest BCUT2D eigenvalue weighted by Gasteiger charge is 2.09. The van der Waals surface area contributed by atoms with Crippen molar-refractivity contribution in [3.05, 3.63) is 134 Å². The fourth-order valence-electron chi connectivity index (χ4n) is 4.38. The lowest BCUT2D eigenvalue weighted by atomic mass is 9.92. The molecule has 0 aliphatic rings. The van der Waals surface area contributed by atoms with Gasteiger partial charge in [-0.3, -0.25) is 9.97 Å². The van der Waals surface area contributed by atoms with Crippen LogP contribution in [0, 0.1) is 6.92 Å². The van der Waals surface area contributed by atoms with Gasteiger partial charge in [-0.05, 0) is 102 Å². The molecule has 0 bridgehead atoms. The Morgan fingerprint density at radius 2 is 0.921 bits per heavy atom. The van der Waals surface area contributed by atoms with E-state index in [4.69, 9.17) is 0 Å². The number of hydrogen-bond donors (Lipinski definition) is 0. The van der Waals surface area contributed by atoms with Crippen LogP contribution in [0.5, 0.6) is 0 Å². The van der Waals surface area contributed by atoms with Gasteiger partial charge >= 0.3 is 0 Å². The number of aromatic nitrogens is 2. The standard InChI is InChI=1S/C31H22N2.C3H6.C2H6/c1-21-6-8-22(9-7-21)27-18-28(23-10-12-30-25(16-23)4-2-14-32-30)20-29(19-27)24-11-13-31-26(17-24)5-3-15-33-31;1-3-2;1-2/h2-20H,1H3;3H,1H2,2H3;1-2H3. The molecule has 0 saturated carbocycles. The van der Waals surface area contributed by atoms with Crippen molar-refractivity contribution in [1.82, 2.24) is 9.97 Å². The van der Waals surface area contributed by atoms with E-state index in [-0.39, 0.29) is 0 Å². The summed E-state index contributed by atoms with van der Waals surface area (Å²) < 4.78 is 0. The molecular weight excluding hydrogens is 460 g/mol.